The number of thiophene rings is 1. The molecule has 0 aromatic carbocycles. The van der Waals surface area contributed by atoms with Gasteiger partial charge in [-0.1, -0.05) is 6.08 Å². The minimum atomic E-state index is -0.587. The second-order valence-corrected chi connectivity index (χ2v) is 7.23. The highest BCUT2D eigenvalue weighted by Gasteiger charge is 2.21. The van der Waals surface area contributed by atoms with Gasteiger partial charge in [0, 0.05) is 25.1 Å². The SMILES string of the molecule is C=CCN(Cc1nc2sc3c(c2c(=O)[nH]1)CCC3)C[C@@H](O)COC. The Balaban J connectivity index is 1.83. The summed E-state index contributed by atoms with van der Waals surface area (Å²) in [5.41, 5.74) is 1.14. The van der Waals surface area contributed by atoms with Crippen LogP contribution < -0.4 is 5.56 Å². The van der Waals surface area contributed by atoms with E-state index in [-0.39, 0.29) is 12.2 Å². The summed E-state index contributed by atoms with van der Waals surface area (Å²) in [5, 5.41) is 10.7. The molecular weight excluding hydrogens is 326 g/mol. The number of H-pyrrole nitrogens is 1. The summed E-state index contributed by atoms with van der Waals surface area (Å²) in [5.74, 6) is 0.624. The molecule has 1 atom stereocenters. The lowest BCUT2D eigenvalue weighted by Crippen LogP contribution is -2.35. The van der Waals surface area contributed by atoms with Crippen molar-refractivity contribution in [2.24, 2.45) is 0 Å². The first-order chi connectivity index (χ1) is 11.6. The Hall–Kier alpha value is -1.54. The molecule has 6 nitrogen and oxygen atoms in total. The van der Waals surface area contributed by atoms with Gasteiger partial charge < -0.3 is 14.8 Å². The average molecular weight is 349 g/mol. The number of aromatic amines is 1. The molecule has 2 aromatic rings. The van der Waals surface area contributed by atoms with Gasteiger partial charge in [-0.15, -0.1) is 17.9 Å². The zero-order chi connectivity index (χ0) is 17.1. The summed E-state index contributed by atoms with van der Waals surface area (Å²) < 4.78 is 4.97. The van der Waals surface area contributed by atoms with Gasteiger partial charge in [0.05, 0.1) is 24.6 Å². The number of aryl methyl sites for hydroxylation is 2. The molecule has 3 rings (SSSR count). The number of hydrogen-bond donors (Lipinski definition) is 2. The number of hydrogen-bond acceptors (Lipinski definition) is 6. The topological polar surface area (TPSA) is 78.5 Å². The second-order valence-electron chi connectivity index (χ2n) is 6.14. The van der Waals surface area contributed by atoms with Crippen LogP contribution >= 0.6 is 11.3 Å². The first-order valence-electron chi connectivity index (χ1n) is 8.16. The predicted molar refractivity (Wildman–Crippen MR) is 95.6 cm³/mol. The highest BCUT2D eigenvalue weighted by Crippen LogP contribution is 2.34. The molecule has 0 bridgehead atoms. The Labute approximate surface area is 144 Å². The summed E-state index contributed by atoms with van der Waals surface area (Å²) in [6, 6.07) is 0. The van der Waals surface area contributed by atoms with Gasteiger partial charge in [-0.25, -0.2) is 4.98 Å². The molecule has 0 amide bonds. The van der Waals surface area contributed by atoms with E-state index in [0.717, 1.165) is 29.5 Å². The lowest BCUT2D eigenvalue weighted by atomic mass is 10.2. The molecule has 2 N–H and O–H groups in total. The average Bonchev–Trinajstić information content (AvgIpc) is 3.07. The third kappa shape index (κ3) is 3.59. The first kappa shape index (κ1) is 17.3. The highest BCUT2D eigenvalue weighted by atomic mass is 32.1. The monoisotopic (exact) mass is 349 g/mol. The Morgan fingerprint density at radius 2 is 2.38 bits per heavy atom. The Bertz CT molecular complexity index is 783. The number of nitrogens with one attached hydrogen (secondary N) is 1. The smallest absolute Gasteiger partial charge is 0.259 e. The van der Waals surface area contributed by atoms with Crippen LogP contribution in [0, 0.1) is 0 Å². The van der Waals surface area contributed by atoms with Gasteiger partial charge in [0.2, 0.25) is 0 Å². The molecule has 0 radical (unpaired) electrons. The minimum Gasteiger partial charge on any atom is -0.389 e. The van der Waals surface area contributed by atoms with E-state index >= 15 is 0 Å². The van der Waals surface area contributed by atoms with Crippen LogP contribution in [0.4, 0.5) is 0 Å². The minimum absolute atomic E-state index is 0.0506. The summed E-state index contributed by atoms with van der Waals surface area (Å²) in [6.07, 6.45) is 4.34. The molecule has 2 aromatic heterocycles. The number of aliphatic hydroxyl groups excluding tert-OH is 1. The van der Waals surface area contributed by atoms with E-state index < -0.39 is 6.10 Å². The Morgan fingerprint density at radius 1 is 1.54 bits per heavy atom. The molecule has 0 fully saturated rings. The quantitative estimate of drug-likeness (QED) is 0.706. The van der Waals surface area contributed by atoms with Gasteiger partial charge >= 0.3 is 0 Å². The van der Waals surface area contributed by atoms with Crippen LogP contribution in [-0.4, -0.2) is 52.9 Å². The molecule has 7 heteroatoms. The largest absolute Gasteiger partial charge is 0.389 e. The van der Waals surface area contributed by atoms with Crippen molar-refractivity contribution < 1.29 is 9.84 Å². The first-order valence-corrected chi connectivity index (χ1v) is 8.97. The van der Waals surface area contributed by atoms with Crippen LogP contribution in [0.3, 0.4) is 0 Å². The van der Waals surface area contributed by atoms with Crippen molar-refractivity contribution >= 4 is 21.6 Å². The van der Waals surface area contributed by atoms with Gasteiger partial charge in [0.25, 0.3) is 5.56 Å². The Morgan fingerprint density at radius 3 is 3.12 bits per heavy atom. The molecule has 0 aliphatic heterocycles. The number of aliphatic hydroxyl groups is 1. The maximum atomic E-state index is 12.5. The molecule has 0 unspecified atom stereocenters. The number of rotatable bonds is 8. The molecule has 1 aliphatic rings. The maximum Gasteiger partial charge on any atom is 0.259 e. The number of nitrogens with zero attached hydrogens (tertiary/aromatic N) is 2. The Kier molecular flexibility index (Phi) is 5.45. The van der Waals surface area contributed by atoms with Crippen molar-refractivity contribution in [3.63, 3.8) is 0 Å². The lowest BCUT2D eigenvalue weighted by Gasteiger charge is -2.22. The van der Waals surface area contributed by atoms with Crippen LogP contribution in [0.1, 0.15) is 22.7 Å². The van der Waals surface area contributed by atoms with E-state index in [1.165, 1.54) is 10.4 Å². The fourth-order valence-corrected chi connectivity index (χ4v) is 4.54. The lowest BCUT2D eigenvalue weighted by molar-refractivity contribution is 0.0381. The molecule has 0 saturated heterocycles. The van der Waals surface area contributed by atoms with Crippen molar-refractivity contribution in [1.82, 2.24) is 14.9 Å². The van der Waals surface area contributed by atoms with E-state index in [1.807, 2.05) is 4.90 Å². The zero-order valence-electron chi connectivity index (χ0n) is 13.9. The fraction of sp³-hybridized carbons (Fsp3) is 0.529. The third-order valence-electron chi connectivity index (χ3n) is 4.21. The predicted octanol–water partition coefficient (Wildman–Crippen LogP) is 1.47. The van der Waals surface area contributed by atoms with Gasteiger partial charge in [-0.2, -0.15) is 0 Å². The highest BCUT2D eigenvalue weighted by molar-refractivity contribution is 7.18. The standard InChI is InChI=1S/C17H23N3O3S/c1-3-7-20(8-11(21)10-23-2)9-14-18-16(22)15-12-5-4-6-13(12)24-17(15)19-14/h3,11,21H,1,4-10H2,2H3,(H,18,19,22)/t11-/m1/s1. The van der Waals surface area contributed by atoms with Crippen LogP contribution in [0.5, 0.6) is 0 Å². The number of methoxy groups -OCH3 is 1. The van der Waals surface area contributed by atoms with Crippen LogP contribution in [0.15, 0.2) is 17.4 Å². The van der Waals surface area contributed by atoms with Crippen LogP contribution in [0.25, 0.3) is 10.2 Å². The van der Waals surface area contributed by atoms with E-state index in [1.54, 1.807) is 24.5 Å². The number of fused-ring (bicyclic) bond motifs is 3. The second kappa shape index (κ2) is 7.57. The third-order valence-corrected chi connectivity index (χ3v) is 5.40. The van der Waals surface area contributed by atoms with Gasteiger partial charge in [-0.05, 0) is 24.8 Å². The van der Waals surface area contributed by atoms with Crippen molar-refractivity contribution in [3.05, 3.63) is 39.3 Å². The molecular formula is C17H23N3O3S. The molecule has 0 saturated carbocycles. The van der Waals surface area contributed by atoms with Crippen molar-refractivity contribution in [1.29, 1.82) is 0 Å². The molecule has 130 valence electrons. The number of ether oxygens (including phenoxy) is 1. The van der Waals surface area contributed by atoms with Gasteiger partial charge in [-0.3, -0.25) is 9.69 Å². The van der Waals surface area contributed by atoms with E-state index in [0.29, 0.717) is 25.5 Å². The summed E-state index contributed by atoms with van der Waals surface area (Å²) >= 11 is 1.64. The van der Waals surface area contributed by atoms with Crippen molar-refractivity contribution in [2.75, 3.05) is 26.8 Å². The molecule has 1 aliphatic carbocycles. The maximum absolute atomic E-state index is 12.5. The molecule has 24 heavy (non-hydrogen) atoms. The molecule has 0 spiro atoms. The zero-order valence-corrected chi connectivity index (χ0v) is 14.7. The fourth-order valence-electron chi connectivity index (χ4n) is 3.26. The van der Waals surface area contributed by atoms with Crippen LogP contribution in [0.2, 0.25) is 0 Å². The number of aromatic nitrogens is 2. The van der Waals surface area contributed by atoms with E-state index in [9.17, 15) is 9.90 Å². The van der Waals surface area contributed by atoms with Crippen molar-refractivity contribution in [2.45, 2.75) is 31.9 Å². The summed E-state index contributed by atoms with van der Waals surface area (Å²) in [7, 11) is 1.56. The summed E-state index contributed by atoms with van der Waals surface area (Å²) in [6.45, 7) is 5.52. The van der Waals surface area contributed by atoms with Crippen molar-refractivity contribution in [3.8, 4) is 0 Å². The van der Waals surface area contributed by atoms with E-state index in [4.69, 9.17) is 4.74 Å². The normalized spacial score (nSPS) is 15.1. The van der Waals surface area contributed by atoms with Gasteiger partial charge in [0.15, 0.2) is 0 Å². The molecule has 2 heterocycles. The van der Waals surface area contributed by atoms with E-state index in [2.05, 4.69) is 16.5 Å². The van der Waals surface area contributed by atoms with Crippen LogP contribution in [-0.2, 0) is 24.1 Å². The summed E-state index contributed by atoms with van der Waals surface area (Å²) in [4.78, 5) is 24.2. The van der Waals surface area contributed by atoms with Gasteiger partial charge in [0.1, 0.15) is 10.7 Å².